The molecule has 1 aromatic carbocycles. The molecule has 3 aliphatic rings. The number of primary amides is 1. The number of carbonyl (C=O) groups is 2. The van der Waals surface area contributed by atoms with Crippen molar-refractivity contribution in [2.75, 3.05) is 13.2 Å². The van der Waals surface area contributed by atoms with E-state index in [2.05, 4.69) is 6.07 Å². The van der Waals surface area contributed by atoms with Crippen LogP contribution in [0.3, 0.4) is 0 Å². The molecule has 1 saturated heterocycles. The van der Waals surface area contributed by atoms with Crippen LogP contribution in [0.15, 0.2) is 24.3 Å². The van der Waals surface area contributed by atoms with E-state index in [9.17, 15) is 14.9 Å². The van der Waals surface area contributed by atoms with Crippen LogP contribution in [-0.2, 0) is 27.3 Å². The Balaban J connectivity index is 1.67. The highest BCUT2D eigenvalue weighted by Crippen LogP contribution is 2.69. The molecule has 130 valence electrons. The van der Waals surface area contributed by atoms with E-state index in [1.807, 2.05) is 24.3 Å². The fourth-order valence-corrected chi connectivity index (χ4v) is 4.57. The van der Waals surface area contributed by atoms with Gasteiger partial charge in [-0.3, -0.25) is 9.59 Å². The minimum absolute atomic E-state index is 0.241. The molecule has 0 radical (unpaired) electrons. The van der Waals surface area contributed by atoms with Gasteiger partial charge in [-0.05, 0) is 30.4 Å². The van der Waals surface area contributed by atoms with Crippen LogP contribution in [0.1, 0.15) is 30.4 Å². The molecule has 1 aromatic rings. The topological polar surface area (TPSA) is 96.4 Å². The Labute approximate surface area is 146 Å². The summed E-state index contributed by atoms with van der Waals surface area (Å²) in [6.07, 6.45) is 2.41. The van der Waals surface area contributed by atoms with Crippen molar-refractivity contribution in [3.63, 3.8) is 0 Å². The highest BCUT2D eigenvalue weighted by atomic mass is 16.5. The Hall–Kier alpha value is -2.39. The van der Waals surface area contributed by atoms with E-state index in [4.69, 9.17) is 10.5 Å². The van der Waals surface area contributed by atoms with Gasteiger partial charge in [0.15, 0.2) is 0 Å². The lowest BCUT2D eigenvalue weighted by molar-refractivity contribution is -0.145. The van der Waals surface area contributed by atoms with Gasteiger partial charge in [0.1, 0.15) is 11.5 Å². The number of nitrogens with two attached hydrogens (primary N) is 1. The summed E-state index contributed by atoms with van der Waals surface area (Å²) < 4.78 is 5.41. The summed E-state index contributed by atoms with van der Waals surface area (Å²) in [7, 11) is 0. The van der Waals surface area contributed by atoms with Crippen LogP contribution in [0.4, 0.5) is 0 Å². The monoisotopic (exact) mass is 339 g/mol. The first-order valence-corrected chi connectivity index (χ1v) is 8.69. The van der Waals surface area contributed by atoms with Crippen LogP contribution in [0.25, 0.3) is 0 Å². The Morgan fingerprint density at radius 2 is 1.92 bits per heavy atom. The quantitative estimate of drug-likeness (QED) is 0.874. The lowest BCUT2D eigenvalue weighted by Crippen LogP contribution is -2.54. The standard InChI is InChI=1S/C19H21N3O3/c20-12-19(11-18(19)5-7-25-8-6-18)17(24)22-10-14-4-2-1-3-13(14)9-15(22)16(21)23/h1-4,15H,5-11H2,(H2,21,23). The molecular weight excluding hydrogens is 318 g/mol. The predicted molar refractivity (Wildman–Crippen MR) is 88.8 cm³/mol. The molecule has 1 aliphatic carbocycles. The molecule has 1 spiro atoms. The second kappa shape index (κ2) is 5.57. The van der Waals surface area contributed by atoms with Crippen LogP contribution >= 0.6 is 0 Å². The summed E-state index contributed by atoms with van der Waals surface area (Å²) in [5.41, 5.74) is 6.32. The second-order valence-corrected chi connectivity index (χ2v) is 7.41. The second-order valence-electron chi connectivity index (χ2n) is 7.41. The van der Waals surface area contributed by atoms with Gasteiger partial charge < -0.3 is 15.4 Å². The molecule has 2 N–H and O–H groups in total. The third-order valence-electron chi connectivity index (χ3n) is 6.23. The minimum Gasteiger partial charge on any atom is -0.381 e. The van der Waals surface area contributed by atoms with E-state index in [1.165, 1.54) is 4.90 Å². The average molecular weight is 339 g/mol. The number of amides is 2. The zero-order valence-electron chi connectivity index (χ0n) is 14.0. The number of nitriles is 1. The van der Waals surface area contributed by atoms with Crippen molar-refractivity contribution in [2.45, 2.75) is 38.3 Å². The minimum atomic E-state index is -1.03. The number of hydrogen-bond acceptors (Lipinski definition) is 4. The lowest BCUT2D eigenvalue weighted by Gasteiger charge is -2.37. The van der Waals surface area contributed by atoms with Crippen LogP contribution in [0, 0.1) is 22.2 Å². The fraction of sp³-hybridized carbons (Fsp3) is 0.526. The fourth-order valence-electron chi connectivity index (χ4n) is 4.57. The van der Waals surface area contributed by atoms with Crippen molar-refractivity contribution < 1.29 is 14.3 Å². The molecule has 2 fully saturated rings. The SMILES string of the molecule is N#CC1(C(=O)N2Cc3ccccc3CC2C(N)=O)CC12CCOCC2. The molecule has 4 rings (SSSR count). The van der Waals surface area contributed by atoms with E-state index in [0.717, 1.165) is 24.0 Å². The van der Waals surface area contributed by atoms with Gasteiger partial charge in [-0.15, -0.1) is 0 Å². The largest absolute Gasteiger partial charge is 0.381 e. The van der Waals surface area contributed by atoms with Gasteiger partial charge in [0, 0.05) is 31.6 Å². The lowest BCUT2D eigenvalue weighted by atomic mass is 9.84. The van der Waals surface area contributed by atoms with Crippen molar-refractivity contribution in [3.8, 4) is 6.07 Å². The first-order chi connectivity index (χ1) is 12.0. The van der Waals surface area contributed by atoms with Crippen LogP contribution in [0.5, 0.6) is 0 Å². The van der Waals surface area contributed by atoms with Crippen LogP contribution in [-0.4, -0.2) is 36.0 Å². The molecule has 6 heteroatoms. The number of nitrogens with zero attached hydrogens (tertiary/aromatic N) is 2. The summed E-state index contributed by atoms with van der Waals surface area (Å²) in [5.74, 6) is -0.757. The molecular formula is C19H21N3O3. The molecule has 0 bridgehead atoms. The van der Waals surface area contributed by atoms with Gasteiger partial charge in [-0.1, -0.05) is 24.3 Å². The number of hydrogen-bond donors (Lipinski definition) is 1. The van der Waals surface area contributed by atoms with Gasteiger partial charge in [0.2, 0.25) is 11.8 Å². The maximum Gasteiger partial charge on any atom is 0.244 e. The number of ether oxygens (including phenoxy) is 1. The molecule has 1 saturated carbocycles. The molecule has 6 nitrogen and oxygen atoms in total. The van der Waals surface area contributed by atoms with E-state index in [0.29, 0.717) is 32.6 Å². The van der Waals surface area contributed by atoms with Gasteiger partial charge in [-0.2, -0.15) is 5.26 Å². The van der Waals surface area contributed by atoms with E-state index in [-0.39, 0.29) is 11.3 Å². The Bertz CT molecular complexity index is 778. The van der Waals surface area contributed by atoms with Crippen LogP contribution in [0.2, 0.25) is 0 Å². The third-order valence-corrected chi connectivity index (χ3v) is 6.23. The molecule has 0 aromatic heterocycles. The Morgan fingerprint density at radius 3 is 2.56 bits per heavy atom. The maximum atomic E-state index is 13.4. The molecule has 2 atom stereocenters. The molecule has 2 amide bonds. The van der Waals surface area contributed by atoms with Gasteiger partial charge in [-0.25, -0.2) is 0 Å². The Morgan fingerprint density at radius 1 is 1.24 bits per heavy atom. The zero-order chi connectivity index (χ0) is 17.7. The van der Waals surface area contributed by atoms with Gasteiger partial charge in [0.05, 0.1) is 6.07 Å². The highest BCUT2D eigenvalue weighted by molar-refractivity contribution is 5.94. The van der Waals surface area contributed by atoms with Gasteiger partial charge >= 0.3 is 0 Å². The molecule has 25 heavy (non-hydrogen) atoms. The Kier molecular flexibility index (Phi) is 3.58. The van der Waals surface area contributed by atoms with Crippen molar-refractivity contribution in [1.82, 2.24) is 4.90 Å². The predicted octanol–water partition coefficient (Wildman–Crippen LogP) is 1.14. The summed E-state index contributed by atoms with van der Waals surface area (Å²) >= 11 is 0. The number of benzene rings is 1. The number of fused-ring (bicyclic) bond motifs is 1. The summed E-state index contributed by atoms with van der Waals surface area (Å²) in [4.78, 5) is 26.9. The van der Waals surface area contributed by atoms with Gasteiger partial charge in [0.25, 0.3) is 0 Å². The zero-order valence-corrected chi connectivity index (χ0v) is 14.0. The normalized spacial score (nSPS) is 29.6. The average Bonchev–Trinajstić information content (AvgIpc) is 3.27. The van der Waals surface area contributed by atoms with E-state index < -0.39 is 17.4 Å². The summed E-state index contributed by atoms with van der Waals surface area (Å²) in [6.45, 7) is 1.50. The van der Waals surface area contributed by atoms with Crippen molar-refractivity contribution in [1.29, 1.82) is 5.26 Å². The summed E-state index contributed by atoms with van der Waals surface area (Å²) in [6, 6.07) is 9.37. The molecule has 2 unspecified atom stereocenters. The number of carbonyl (C=O) groups excluding carboxylic acids is 2. The van der Waals surface area contributed by atoms with Crippen LogP contribution < -0.4 is 5.73 Å². The number of rotatable bonds is 2. The summed E-state index contributed by atoms with van der Waals surface area (Å²) in [5, 5.41) is 9.84. The molecule has 2 heterocycles. The van der Waals surface area contributed by atoms with E-state index in [1.54, 1.807) is 0 Å². The smallest absolute Gasteiger partial charge is 0.244 e. The highest BCUT2D eigenvalue weighted by Gasteiger charge is 2.73. The first kappa shape index (κ1) is 16.1. The van der Waals surface area contributed by atoms with Crippen molar-refractivity contribution in [3.05, 3.63) is 35.4 Å². The van der Waals surface area contributed by atoms with Crippen molar-refractivity contribution in [2.24, 2.45) is 16.6 Å². The van der Waals surface area contributed by atoms with Crippen molar-refractivity contribution >= 4 is 11.8 Å². The maximum absolute atomic E-state index is 13.4. The third kappa shape index (κ3) is 2.26. The molecule has 2 aliphatic heterocycles. The van der Waals surface area contributed by atoms with E-state index >= 15 is 0 Å². The first-order valence-electron chi connectivity index (χ1n) is 8.69.